The number of carbonyl (C=O) groups excluding carboxylic acids is 1. The van der Waals surface area contributed by atoms with Gasteiger partial charge in [-0.2, -0.15) is 4.99 Å². The van der Waals surface area contributed by atoms with E-state index in [0.29, 0.717) is 16.9 Å². The number of amidine groups is 1. The summed E-state index contributed by atoms with van der Waals surface area (Å²) in [7, 11) is 0. The molecule has 0 bridgehead atoms. The van der Waals surface area contributed by atoms with E-state index >= 15 is 0 Å². The Kier molecular flexibility index (Phi) is 2.34. The Balaban J connectivity index is 1.93. The number of nitrogens with two attached hydrogens (primary N) is 1. The predicted octanol–water partition coefficient (Wildman–Crippen LogP) is 2.34. The molecular weight excluding hydrogens is 228 g/mol. The minimum absolute atomic E-state index is 0.265. The van der Waals surface area contributed by atoms with Crippen LogP contribution in [0.25, 0.3) is 0 Å². The topological polar surface area (TPSA) is 64.7 Å². The number of rotatable bonds is 2. The van der Waals surface area contributed by atoms with Gasteiger partial charge in [0.2, 0.25) is 0 Å². The summed E-state index contributed by atoms with van der Waals surface area (Å²) in [6, 6.07) is 14.6. The molecule has 2 N–H and O–H groups in total. The van der Waals surface area contributed by atoms with Crippen LogP contribution in [-0.2, 0) is 0 Å². The van der Waals surface area contributed by atoms with Crippen molar-refractivity contribution in [2.45, 2.75) is 0 Å². The average Bonchev–Trinajstić information content (AvgIpc) is 2.66. The van der Waals surface area contributed by atoms with Crippen LogP contribution in [0.4, 0.5) is 0 Å². The number of hydrogen-bond donors (Lipinski definition) is 1. The van der Waals surface area contributed by atoms with Crippen molar-refractivity contribution < 1.29 is 9.53 Å². The van der Waals surface area contributed by atoms with Gasteiger partial charge in [0.25, 0.3) is 5.91 Å². The quantitative estimate of drug-likeness (QED) is 0.873. The van der Waals surface area contributed by atoms with Gasteiger partial charge in [-0.3, -0.25) is 4.79 Å². The minimum Gasteiger partial charge on any atom is -0.457 e. The molecule has 0 atom stereocenters. The number of ether oxygens (including phenoxy) is 1. The third-order valence-electron chi connectivity index (χ3n) is 2.70. The maximum absolute atomic E-state index is 11.6. The fourth-order valence-electron chi connectivity index (χ4n) is 1.84. The van der Waals surface area contributed by atoms with Gasteiger partial charge in [-0.15, -0.1) is 0 Å². The molecule has 88 valence electrons. The van der Waals surface area contributed by atoms with Crippen LogP contribution < -0.4 is 10.5 Å². The predicted molar refractivity (Wildman–Crippen MR) is 68.0 cm³/mol. The standard InChI is InChI=1S/C14H10N2O2/c15-13-11-7-6-10(8-12(11)14(17)16-13)18-9-4-2-1-3-5-9/h1-8H,(H2,15,16,17). The van der Waals surface area contributed by atoms with Gasteiger partial charge >= 0.3 is 0 Å². The van der Waals surface area contributed by atoms with E-state index in [0.717, 1.165) is 5.75 Å². The number of nitrogens with zero attached hydrogens (tertiary/aromatic N) is 1. The van der Waals surface area contributed by atoms with Crippen molar-refractivity contribution in [2.75, 3.05) is 0 Å². The average molecular weight is 238 g/mol. The molecule has 0 saturated heterocycles. The van der Waals surface area contributed by atoms with Crippen LogP contribution >= 0.6 is 0 Å². The zero-order chi connectivity index (χ0) is 12.5. The Morgan fingerprint density at radius 1 is 0.944 bits per heavy atom. The number of fused-ring (bicyclic) bond motifs is 1. The van der Waals surface area contributed by atoms with Crippen molar-refractivity contribution in [1.29, 1.82) is 0 Å². The third-order valence-corrected chi connectivity index (χ3v) is 2.70. The van der Waals surface area contributed by atoms with Gasteiger partial charge in [-0.1, -0.05) is 18.2 Å². The lowest BCUT2D eigenvalue weighted by Crippen LogP contribution is -2.10. The number of para-hydroxylation sites is 1. The maximum atomic E-state index is 11.6. The SMILES string of the molecule is NC1=NC(=O)c2cc(Oc3ccccc3)ccc21. The van der Waals surface area contributed by atoms with E-state index in [-0.39, 0.29) is 11.7 Å². The number of amides is 1. The largest absolute Gasteiger partial charge is 0.457 e. The van der Waals surface area contributed by atoms with Crippen LogP contribution in [0.1, 0.15) is 15.9 Å². The Bertz CT molecular complexity index is 648. The molecule has 0 aliphatic carbocycles. The van der Waals surface area contributed by atoms with Crippen molar-refractivity contribution in [2.24, 2.45) is 10.7 Å². The number of aliphatic imine (C=N–C) groups is 1. The summed E-state index contributed by atoms with van der Waals surface area (Å²) >= 11 is 0. The van der Waals surface area contributed by atoms with E-state index in [1.807, 2.05) is 30.3 Å². The molecular formula is C14H10N2O2. The molecule has 3 rings (SSSR count). The van der Waals surface area contributed by atoms with E-state index in [1.54, 1.807) is 18.2 Å². The molecule has 2 aromatic carbocycles. The summed E-state index contributed by atoms with van der Waals surface area (Å²) in [5.41, 5.74) is 6.78. The molecule has 18 heavy (non-hydrogen) atoms. The summed E-state index contributed by atoms with van der Waals surface area (Å²) in [5.74, 6) is 1.26. The monoisotopic (exact) mass is 238 g/mol. The molecule has 1 aliphatic rings. The fraction of sp³-hybridized carbons (Fsp3) is 0. The van der Waals surface area contributed by atoms with Crippen LogP contribution in [0.3, 0.4) is 0 Å². The highest BCUT2D eigenvalue weighted by Crippen LogP contribution is 2.26. The lowest BCUT2D eigenvalue weighted by atomic mass is 10.1. The maximum Gasteiger partial charge on any atom is 0.279 e. The van der Waals surface area contributed by atoms with Gasteiger partial charge in [0.05, 0.1) is 5.56 Å². The molecule has 4 nitrogen and oxygen atoms in total. The Morgan fingerprint density at radius 3 is 2.50 bits per heavy atom. The lowest BCUT2D eigenvalue weighted by Gasteiger charge is -2.06. The first-order valence-corrected chi connectivity index (χ1v) is 5.50. The summed E-state index contributed by atoms with van der Waals surface area (Å²) in [6.07, 6.45) is 0. The molecule has 1 aliphatic heterocycles. The molecule has 0 aromatic heterocycles. The highest BCUT2D eigenvalue weighted by atomic mass is 16.5. The van der Waals surface area contributed by atoms with Crippen LogP contribution in [0.5, 0.6) is 11.5 Å². The summed E-state index contributed by atoms with van der Waals surface area (Å²) in [4.78, 5) is 15.3. The Labute approximate surface area is 104 Å². The van der Waals surface area contributed by atoms with Gasteiger partial charge in [0.1, 0.15) is 17.3 Å². The molecule has 0 spiro atoms. The molecule has 0 radical (unpaired) electrons. The number of benzene rings is 2. The van der Waals surface area contributed by atoms with Crippen molar-refractivity contribution >= 4 is 11.7 Å². The van der Waals surface area contributed by atoms with Crippen LogP contribution in [-0.4, -0.2) is 11.7 Å². The van der Waals surface area contributed by atoms with Gasteiger partial charge in [-0.05, 0) is 30.3 Å². The van der Waals surface area contributed by atoms with Crippen molar-refractivity contribution in [3.05, 3.63) is 59.7 Å². The molecule has 1 heterocycles. The molecule has 0 fully saturated rings. The first-order valence-electron chi connectivity index (χ1n) is 5.50. The smallest absolute Gasteiger partial charge is 0.279 e. The first kappa shape index (κ1) is 10.5. The highest BCUT2D eigenvalue weighted by molar-refractivity contribution is 6.20. The van der Waals surface area contributed by atoms with Crippen LogP contribution in [0.15, 0.2) is 53.5 Å². The normalized spacial score (nSPS) is 13.1. The zero-order valence-electron chi connectivity index (χ0n) is 9.46. The van der Waals surface area contributed by atoms with Crippen molar-refractivity contribution in [3.8, 4) is 11.5 Å². The highest BCUT2D eigenvalue weighted by Gasteiger charge is 2.21. The number of hydrogen-bond acceptors (Lipinski definition) is 3. The molecule has 0 unspecified atom stereocenters. The lowest BCUT2D eigenvalue weighted by molar-refractivity contribution is 0.101. The van der Waals surface area contributed by atoms with Crippen molar-refractivity contribution in [1.82, 2.24) is 0 Å². The summed E-state index contributed by atoms with van der Waals surface area (Å²) < 4.78 is 5.64. The van der Waals surface area contributed by atoms with Crippen LogP contribution in [0.2, 0.25) is 0 Å². The second kappa shape index (κ2) is 4.00. The Hall–Kier alpha value is -2.62. The van der Waals surface area contributed by atoms with E-state index in [4.69, 9.17) is 10.5 Å². The van der Waals surface area contributed by atoms with E-state index in [2.05, 4.69) is 4.99 Å². The van der Waals surface area contributed by atoms with E-state index in [9.17, 15) is 4.79 Å². The van der Waals surface area contributed by atoms with E-state index < -0.39 is 0 Å². The Morgan fingerprint density at radius 2 is 1.72 bits per heavy atom. The fourth-order valence-corrected chi connectivity index (χ4v) is 1.84. The van der Waals surface area contributed by atoms with Crippen molar-refractivity contribution in [3.63, 3.8) is 0 Å². The summed E-state index contributed by atoms with van der Waals surface area (Å²) in [6.45, 7) is 0. The first-order chi connectivity index (χ1) is 8.74. The van der Waals surface area contributed by atoms with Gasteiger partial charge in [0.15, 0.2) is 0 Å². The number of carbonyl (C=O) groups is 1. The van der Waals surface area contributed by atoms with Gasteiger partial charge in [0, 0.05) is 5.56 Å². The molecule has 2 aromatic rings. The second-order valence-electron chi connectivity index (χ2n) is 3.92. The van der Waals surface area contributed by atoms with Crippen LogP contribution in [0, 0.1) is 0 Å². The molecule has 0 saturated carbocycles. The second-order valence-corrected chi connectivity index (χ2v) is 3.92. The minimum atomic E-state index is -0.319. The third kappa shape index (κ3) is 1.73. The van der Waals surface area contributed by atoms with E-state index in [1.165, 1.54) is 0 Å². The van der Waals surface area contributed by atoms with Gasteiger partial charge in [-0.25, -0.2) is 0 Å². The molecule has 4 heteroatoms. The summed E-state index contributed by atoms with van der Waals surface area (Å²) in [5, 5.41) is 0. The van der Waals surface area contributed by atoms with Gasteiger partial charge < -0.3 is 10.5 Å². The molecule has 1 amide bonds. The zero-order valence-corrected chi connectivity index (χ0v) is 9.46.